The van der Waals surface area contributed by atoms with Gasteiger partial charge in [0, 0.05) is 4.88 Å². The standard InChI is InChI=1S/C30H32N4O3S2/c1-30(2,3)20-11-9-19(10-12-20)17-31-33-25(35)18-38-29-32-27-26(23-7-5-6-8-24(23)39-27)28(36)34(29)21-13-15-22(37-4)16-14-21/h9-17H,5-8,18H2,1-4H3,(H,33,35). The first-order valence-corrected chi connectivity index (χ1v) is 14.8. The number of nitrogens with one attached hydrogen (secondary N) is 1. The number of methoxy groups -OCH3 is 1. The zero-order valence-electron chi connectivity index (χ0n) is 22.6. The largest absolute Gasteiger partial charge is 0.497 e. The van der Waals surface area contributed by atoms with Gasteiger partial charge in [0.25, 0.3) is 11.5 Å². The lowest BCUT2D eigenvalue weighted by Gasteiger charge is -2.18. The number of thiophene rings is 1. The van der Waals surface area contributed by atoms with Gasteiger partial charge < -0.3 is 4.74 Å². The van der Waals surface area contributed by atoms with Crippen LogP contribution in [0.5, 0.6) is 5.75 Å². The zero-order chi connectivity index (χ0) is 27.6. The van der Waals surface area contributed by atoms with Gasteiger partial charge in [0.2, 0.25) is 0 Å². The van der Waals surface area contributed by atoms with Crippen LogP contribution in [0.15, 0.2) is 63.6 Å². The van der Waals surface area contributed by atoms with Crippen LogP contribution in [-0.2, 0) is 23.1 Å². The van der Waals surface area contributed by atoms with E-state index in [2.05, 4.69) is 43.4 Å². The average Bonchev–Trinajstić information content (AvgIpc) is 3.30. The number of hydrogen-bond acceptors (Lipinski definition) is 7. The van der Waals surface area contributed by atoms with Crippen LogP contribution in [0.25, 0.3) is 15.9 Å². The molecular weight excluding hydrogens is 528 g/mol. The van der Waals surface area contributed by atoms with Crippen molar-refractivity contribution in [3.05, 3.63) is 80.5 Å². The van der Waals surface area contributed by atoms with Gasteiger partial charge in [-0.2, -0.15) is 5.10 Å². The molecule has 0 saturated heterocycles. The average molecular weight is 561 g/mol. The Kier molecular flexibility index (Phi) is 7.91. The van der Waals surface area contributed by atoms with E-state index in [1.54, 1.807) is 29.2 Å². The summed E-state index contributed by atoms with van der Waals surface area (Å²) in [6.07, 6.45) is 5.73. The van der Waals surface area contributed by atoms with Crippen LogP contribution < -0.4 is 15.7 Å². The fourth-order valence-corrected chi connectivity index (χ4v) is 6.76. The molecule has 0 saturated carbocycles. The van der Waals surface area contributed by atoms with Crippen molar-refractivity contribution in [1.29, 1.82) is 0 Å². The molecule has 39 heavy (non-hydrogen) atoms. The number of hydrogen-bond donors (Lipinski definition) is 1. The second kappa shape index (κ2) is 11.4. The Hall–Kier alpha value is -3.43. The van der Waals surface area contributed by atoms with Crippen LogP contribution in [0, 0.1) is 0 Å². The first kappa shape index (κ1) is 27.1. The first-order valence-electron chi connectivity index (χ1n) is 13.0. The van der Waals surface area contributed by atoms with E-state index in [9.17, 15) is 9.59 Å². The number of ether oxygens (including phenoxy) is 1. The molecule has 0 unspecified atom stereocenters. The van der Waals surface area contributed by atoms with Crippen molar-refractivity contribution >= 4 is 45.4 Å². The van der Waals surface area contributed by atoms with Crippen molar-refractivity contribution in [3.63, 3.8) is 0 Å². The van der Waals surface area contributed by atoms with Crippen molar-refractivity contribution in [2.45, 2.75) is 57.0 Å². The zero-order valence-corrected chi connectivity index (χ0v) is 24.2. The van der Waals surface area contributed by atoms with Crippen molar-refractivity contribution in [2.75, 3.05) is 12.9 Å². The fourth-order valence-electron chi connectivity index (χ4n) is 4.65. The Balaban J connectivity index is 1.37. The summed E-state index contributed by atoms with van der Waals surface area (Å²) in [6.45, 7) is 6.50. The number of benzene rings is 2. The number of carbonyl (C=O) groups is 1. The summed E-state index contributed by atoms with van der Waals surface area (Å²) in [6, 6.07) is 15.4. The number of thioether (sulfide) groups is 1. The Bertz CT molecular complexity index is 1580. The number of aryl methyl sites for hydroxylation is 2. The van der Waals surface area contributed by atoms with Crippen LogP contribution in [0.1, 0.15) is 55.2 Å². The lowest BCUT2D eigenvalue weighted by atomic mass is 9.87. The predicted molar refractivity (Wildman–Crippen MR) is 160 cm³/mol. The highest BCUT2D eigenvalue weighted by Gasteiger charge is 2.23. The molecule has 7 nitrogen and oxygen atoms in total. The minimum absolute atomic E-state index is 0.0689. The number of fused-ring (bicyclic) bond motifs is 3. The third kappa shape index (κ3) is 5.94. The van der Waals surface area contributed by atoms with Gasteiger partial charge in [0.1, 0.15) is 10.6 Å². The summed E-state index contributed by atoms with van der Waals surface area (Å²) in [7, 11) is 1.61. The first-order chi connectivity index (χ1) is 18.7. The van der Waals surface area contributed by atoms with Crippen LogP contribution in [0.4, 0.5) is 0 Å². The van der Waals surface area contributed by atoms with Crippen molar-refractivity contribution in [3.8, 4) is 11.4 Å². The monoisotopic (exact) mass is 560 g/mol. The summed E-state index contributed by atoms with van der Waals surface area (Å²) in [5, 5.41) is 5.31. The van der Waals surface area contributed by atoms with E-state index in [-0.39, 0.29) is 22.6 Å². The molecule has 0 aliphatic heterocycles. The highest BCUT2D eigenvalue weighted by Crippen LogP contribution is 2.35. The maximum atomic E-state index is 13.9. The van der Waals surface area contributed by atoms with Crippen LogP contribution in [0.3, 0.4) is 0 Å². The summed E-state index contributed by atoms with van der Waals surface area (Å²) in [4.78, 5) is 33.4. The Morgan fingerprint density at radius 2 is 1.85 bits per heavy atom. The Morgan fingerprint density at radius 3 is 2.54 bits per heavy atom. The number of rotatable bonds is 7. The third-order valence-corrected chi connectivity index (χ3v) is 8.92. The maximum Gasteiger partial charge on any atom is 0.267 e. The minimum atomic E-state index is -0.274. The SMILES string of the molecule is COc1ccc(-n2c(SCC(=O)NN=Cc3ccc(C(C)(C)C)cc3)nc3sc4c(c3c2=O)CCCC4)cc1. The molecule has 9 heteroatoms. The molecule has 2 heterocycles. The molecular formula is C30H32N4O3S2. The van der Waals surface area contributed by atoms with Gasteiger partial charge in [-0.1, -0.05) is 56.8 Å². The highest BCUT2D eigenvalue weighted by molar-refractivity contribution is 7.99. The molecule has 1 N–H and O–H groups in total. The molecule has 4 aromatic rings. The summed E-state index contributed by atoms with van der Waals surface area (Å²) in [5.41, 5.74) is 6.54. The molecule has 5 rings (SSSR count). The number of carbonyl (C=O) groups excluding carboxylic acids is 1. The van der Waals surface area contributed by atoms with E-state index < -0.39 is 0 Å². The summed E-state index contributed by atoms with van der Waals surface area (Å²) < 4.78 is 6.91. The van der Waals surface area contributed by atoms with E-state index >= 15 is 0 Å². The molecule has 2 aromatic carbocycles. The van der Waals surface area contributed by atoms with Gasteiger partial charge in [0.15, 0.2) is 5.16 Å². The molecule has 202 valence electrons. The molecule has 1 aliphatic carbocycles. The van der Waals surface area contributed by atoms with Crippen LogP contribution in [-0.4, -0.2) is 34.5 Å². The molecule has 0 bridgehead atoms. The second-order valence-electron chi connectivity index (χ2n) is 10.6. The van der Waals surface area contributed by atoms with E-state index in [0.29, 0.717) is 22.0 Å². The predicted octanol–water partition coefficient (Wildman–Crippen LogP) is 5.87. The van der Waals surface area contributed by atoms with Crippen LogP contribution in [0.2, 0.25) is 0 Å². The molecule has 0 atom stereocenters. The van der Waals surface area contributed by atoms with Gasteiger partial charge in [-0.25, -0.2) is 10.4 Å². The Morgan fingerprint density at radius 1 is 1.13 bits per heavy atom. The third-order valence-electron chi connectivity index (χ3n) is 6.80. The van der Waals surface area contributed by atoms with Gasteiger partial charge >= 0.3 is 0 Å². The molecule has 0 radical (unpaired) electrons. The molecule has 1 aliphatic rings. The van der Waals surface area contributed by atoms with Crippen molar-refractivity contribution in [1.82, 2.24) is 15.0 Å². The van der Waals surface area contributed by atoms with E-state index in [1.165, 1.54) is 22.2 Å². The Labute approximate surface area is 236 Å². The summed E-state index contributed by atoms with van der Waals surface area (Å²) >= 11 is 2.83. The molecule has 0 spiro atoms. The van der Waals surface area contributed by atoms with Gasteiger partial charge in [0.05, 0.1) is 30.2 Å². The molecule has 0 fully saturated rings. The fraction of sp³-hybridized carbons (Fsp3) is 0.333. The van der Waals surface area contributed by atoms with Gasteiger partial charge in [-0.05, 0) is 72.1 Å². The molecule has 1 amide bonds. The normalized spacial score (nSPS) is 13.5. The maximum absolute atomic E-state index is 13.9. The quantitative estimate of drug-likeness (QED) is 0.132. The lowest BCUT2D eigenvalue weighted by molar-refractivity contribution is -0.118. The van der Waals surface area contributed by atoms with Crippen molar-refractivity contribution in [2.24, 2.45) is 5.10 Å². The number of amides is 1. The van der Waals surface area contributed by atoms with Gasteiger partial charge in [-0.3, -0.25) is 14.2 Å². The van der Waals surface area contributed by atoms with E-state index in [1.807, 2.05) is 36.4 Å². The van der Waals surface area contributed by atoms with Crippen molar-refractivity contribution < 1.29 is 9.53 Å². The summed E-state index contributed by atoms with van der Waals surface area (Å²) in [5.74, 6) is 0.497. The minimum Gasteiger partial charge on any atom is -0.497 e. The van der Waals surface area contributed by atoms with Gasteiger partial charge in [-0.15, -0.1) is 11.3 Å². The highest BCUT2D eigenvalue weighted by atomic mass is 32.2. The topological polar surface area (TPSA) is 85.6 Å². The second-order valence-corrected chi connectivity index (χ2v) is 12.6. The lowest BCUT2D eigenvalue weighted by Crippen LogP contribution is -2.24. The molecule has 2 aromatic heterocycles. The van der Waals surface area contributed by atoms with E-state index in [0.717, 1.165) is 41.6 Å². The number of nitrogens with zero attached hydrogens (tertiary/aromatic N) is 3. The van der Waals surface area contributed by atoms with Crippen LogP contribution >= 0.6 is 23.1 Å². The number of aromatic nitrogens is 2. The smallest absolute Gasteiger partial charge is 0.267 e. The number of hydrazone groups is 1. The van der Waals surface area contributed by atoms with E-state index in [4.69, 9.17) is 9.72 Å².